The van der Waals surface area contributed by atoms with Crippen LogP contribution in [0, 0.1) is 0 Å². The third-order valence-electron chi connectivity index (χ3n) is 5.52. The summed E-state index contributed by atoms with van der Waals surface area (Å²) in [7, 11) is 0. The molecule has 7 heteroatoms. The second-order valence-corrected chi connectivity index (χ2v) is 7.43. The van der Waals surface area contributed by atoms with Gasteiger partial charge in [-0.3, -0.25) is 9.69 Å². The number of carbonyl (C=O) groups is 2. The van der Waals surface area contributed by atoms with Gasteiger partial charge in [0.15, 0.2) is 0 Å². The number of aliphatic carboxylic acids is 1. The zero-order valence-electron chi connectivity index (χ0n) is 15.1. The van der Waals surface area contributed by atoms with E-state index in [0.29, 0.717) is 19.6 Å². The number of rotatable bonds is 5. The number of benzene rings is 1. The van der Waals surface area contributed by atoms with Gasteiger partial charge in [-0.2, -0.15) is 0 Å². The van der Waals surface area contributed by atoms with Gasteiger partial charge in [-0.05, 0) is 49.4 Å². The normalized spacial score (nSPS) is 20.3. The van der Waals surface area contributed by atoms with E-state index in [4.69, 9.17) is 16.7 Å². The number of carbonyl (C=O) groups excluding carboxylic acids is 1. The molecule has 0 radical (unpaired) electrons. The Morgan fingerprint density at radius 2 is 2.04 bits per heavy atom. The summed E-state index contributed by atoms with van der Waals surface area (Å²) in [6.45, 7) is 4.06. The number of piperidine rings is 1. The van der Waals surface area contributed by atoms with E-state index >= 15 is 0 Å². The lowest BCUT2D eigenvalue weighted by molar-refractivity contribution is -0.139. The van der Waals surface area contributed by atoms with Crippen molar-refractivity contribution in [3.63, 3.8) is 0 Å². The van der Waals surface area contributed by atoms with Gasteiger partial charge in [0.1, 0.15) is 0 Å². The SMILES string of the molecule is CCN(CC(=O)O)C1CCN(C(=O)NC2CCc3c(Cl)cccc32)CC1. The molecule has 0 saturated carbocycles. The molecule has 3 rings (SSSR count). The van der Waals surface area contributed by atoms with Gasteiger partial charge >= 0.3 is 12.0 Å². The molecule has 26 heavy (non-hydrogen) atoms. The largest absolute Gasteiger partial charge is 0.480 e. The molecular formula is C19H26ClN3O3. The Hall–Kier alpha value is -1.79. The molecule has 1 fully saturated rings. The maximum Gasteiger partial charge on any atom is 0.317 e. The number of fused-ring (bicyclic) bond motifs is 1. The second-order valence-electron chi connectivity index (χ2n) is 7.02. The van der Waals surface area contributed by atoms with Crippen molar-refractivity contribution in [2.75, 3.05) is 26.2 Å². The number of amides is 2. The number of hydrogen-bond acceptors (Lipinski definition) is 3. The van der Waals surface area contributed by atoms with E-state index in [9.17, 15) is 9.59 Å². The highest BCUT2D eigenvalue weighted by atomic mass is 35.5. The van der Waals surface area contributed by atoms with E-state index in [2.05, 4.69) is 5.32 Å². The highest BCUT2D eigenvalue weighted by Gasteiger charge is 2.30. The quantitative estimate of drug-likeness (QED) is 0.825. The summed E-state index contributed by atoms with van der Waals surface area (Å²) in [5.74, 6) is -0.800. The van der Waals surface area contributed by atoms with Crippen LogP contribution in [-0.4, -0.2) is 59.1 Å². The molecule has 142 valence electrons. The Morgan fingerprint density at radius 3 is 2.69 bits per heavy atom. The first-order chi connectivity index (χ1) is 12.5. The number of carboxylic acids is 1. The summed E-state index contributed by atoms with van der Waals surface area (Å²) in [5.41, 5.74) is 2.27. The van der Waals surface area contributed by atoms with Crippen LogP contribution in [-0.2, 0) is 11.2 Å². The van der Waals surface area contributed by atoms with E-state index in [-0.39, 0.29) is 24.7 Å². The molecule has 0 aromatic heterocycles. The molecule has 1 aromatic carbocycles. The zero-order valence-corrected chi connectivity index (χ0v) is 15.8. The fraction of sp³-hybridized carbons (Fsp3) is 0.579. The van der Waals surface area contributed by atoms with Crippen LogP contribution in [0.2, 0.25) is 5.02 Å². The van der Waals surface area contributed by atoms with Gasteiger partial charge in [0.05, 0.1) is 12.6 Å². The number of nitrogens with one attached hydrogen (secondary N) is 1. The molecule has 1 heterocycles. The maximum absolute atomic E-state index is 12.6. The highest BCUT2D eigenvalue weighted by molar-refractivity contribution is 6.31. The molecule has 2 aliphatic rings. The number of carboxylic acid groups (broad SMARTS) is 1. The minimum Gasteiger partial charge on any atom is -0.480 e. The molecule has 0 bridgehead atoms. The van der Waals surface area contributed by atoms with Crippen LogP contribution < -0.4 is 5.32 Å². The smallest absolute Gasteiger partial charge is 0.317 e. The highest BCUT2D eigenvalue weighted by Crippen LogP contribution is 2.35. The molecule has 1 aromatic rings. The molecule has 1 atom stereocenters. The van der Waals surface area contributed by atoms with Gasteiger partial charge in [-0.25, -0.2) is 4.79 Å². The van der Waals surface area contributed by atoms with Crippen molar-refractivity contribution in [1.29, 1.82) is 0 Å². The number of halogens is 1. The van der Waals surface area contributed by atoms with Crippen LogP contribution in [0.1, 0.15) is 43.4 Å². The van der Waals surface area contributed by atoms with E-state index in [1.54, 1.807) is 0 Å². The zero-order chi connectivity index (χ0) is 18.7. The molecule has 1 aliphatic heterocycles. The van der Waals surface area contributed by atoms with Gasteiger partial charge in [0.25, 0.3) is 0 Å². The van der Waals surface area contributed by atoms with Crippen molar-refractivity contribution in [3.05, 3.63) is 34.3 Å². The minimum atomic E-state index is -0.800. The summed E-state index contributed by atoms with van der Waals surface area (Å²) in [5, 5.41) is 12.9. The first-order valence-electron chi connectivity index (χ1n) is 9.28. The van der Waals surface area contributed by atoms with Gasteiger partial charge in [0.2, 0.25) is 0 Å². The average Bonchev–Trinajstić information content (AvgIpc) is 3.04. The molecule has 6 nitrogen and oxygen atoms in total. The van der Waals surface area contributed by atoms with Gasteiger partial charge in [-0.15, -0.1) is 0 Å². The van der Waals surface area contributed by atoms with Crippen molar-refractivity contribution < 1.29 is 14.7 Å². The Labute approximate surface area is 159 Å². The van der Waals surface area contributed by atoms with Crippen LogP contribution in [0.25, 0.3) is 0 Å². The van der Waals surface area contributed by atoms with Gasteiger partial charge < -0.3 is 15.3 Å². The summed E-state index contributed by atoms with van der Waals surface area (Å²) < 4.78 is 0. The predicted octanol–water partition coefficient (Wildman–Crippen LogP) is 2.91. The molecule has 1 saturated heterocycles. The topological polar surface area (TPSA) is 72.9 Å². The Kier molecular flexibility index (Phi) is 6.04. The van der Waals surface area contributed by atoms with Crippen LogP contribution in [0.5, 0.6) is 0 Å². The van der Waals surface area contributed by atoms with Crippen LogP contribution in [0.4, 0.5) is 4.79 Å². The molecule has 2 amide bonds. The number of urea groups is 1. The Balaban J connectivity index is 1.54. The van der Waals surface area contributed by atoms with Gasteiger partial charge in [0, 0.05) is 24.2 Å². The maximum atomic E-state index is 12.6. The van der Waals surface area contributed by atoms with Crippen molar-refractivity contribution in [2.24, 2.45) is 0 Å². The van der Waals surface area contributed by atoms with Gasteiger partial charge in [-0.1, -0.05) is 30.7 Å². The second kappa shape index (κ2) is 8.27. The standard InChI is InChI=1S/C19H26ClN3O3/c1-2-22(12-18(24)25)13-8-10-23(11-9-13)19(26)21-17-7-6-14-15(17)4-3-5-16(14)20/h3-5,13,17H,2,6-12H2,1H3,(H,21,26)(H,24,25). The van der Waals surface area contributed by atoms with E-state index < -0.39 is 5.97 Å². The lowest BCUT2D eigenvalue weighted by Gasteiger charge is -2.37. The number of likely N-dealkylation sites (N-methyl/N-ethyl adjacent to an activating group) is 1. The lowest BCUT2D eigenvalue weighted by Crippen LogP contribution is -2.50. The Morgan fingerprint density at radius 1 is 1.31 bits per heavy atom. The first kappa shape index (κ1) is 19.0. The monoisotopic (exact) mass is 379 g/mol. The van der Waals surface area contributed by atoms with E-state index in [1.165, 1.54) is 0 Å². The van der Waals surface area contributed by atoms with Crippen LogP contribution in [0.3, 0.4) is 0 Å². The van der Waals surface area contributed by atoms with Crippen LogP contribution in [0.15, 0.2) is 18.2 Å². The number of likely N-dealkylation sites (tertiary alicyclic amines) is 1. The lowest BCUT2D eigenvalue weighted by atomic mass is 10.0. The minimum absolute atomic E-state index is 0.0214. The van der Waals surface area contributed by atoms with Crippen molar-refractivity contribution in [2.45, 2.75) is 44.7 Å². The molecule has 1 aliphatic carbocycles. The summed E-state index contributed by atoms with van der Waals surface area (Å²) in [4.78, 5) is 27.4. The number of hydrogen-bond donors (Lipinski definition) is 2. The molecular weight excluding hydrogens is 354 g/mol. The molecule has 0 spiro atoms. The fourth-order valence-corrected chi connectivity index (χ4v) is 4.38. The van der Waals surface area contributed by atoms with Crippen molar-refractivity contribution in [3.8, 4) is 0 Å². The van der Waals surface area contributed by atoms with Crippen LogP contribution >= 0.6 is 11.6 Å². The third kappa shape index (κ3) is 4.13. The summed E-state index contributed by atoms with van der Waals surface area (Å²) in [6, 6.07) is 6.07. The van der Waals surface area contributed by atoms with Crippen molar-refractivity contribution in [1.82, 2.24) is 15.1 Å². The summed E-state index contributed by atoms with van der Waals surface area (Å²) >= 11 is 6.25. The molecule has 1 unspecified atom stereocenters. The fourth-order valence-electron chi connectivity index (χ4n) is 4.11. The Bertz CT molecular complexity index is 674. The van der Waals surface area contributed by atoms with E-state index in [0.717, 1.165) is 41.8 Å². The summed E-state index contributed by atoms with van der Waals surface area (Å²) in [6.07, 6.45) is 3.38. The molecule has 2 N–H and O–H groups in total. The van der Waals surface area contributed by atoms with E-state index in [1.807, 2.05) is 34.9 Å². The average molecular weight is 380 g/mol. The first-order valence-corrected chi connectivity index (χ1v) is 9.66. The number of nitrogens with zero attached hydrogens (tertiary/aromatic N) is 2. The van der Waals surface area contributed by atoms with Crippen molar-refractivity contribution >= 4 is 23.6 Å². The third-order valence-corrected chi connectivity index (χ3v) is 5.88. The predicted molar refractivity (Wildman–Crippen MR) is 101 cm³/mol.